The standard InChI is InChI=1S/C11H15O.BrH.Zn/c1-9(2)8-12-11-7-5-4-6-10(11)3;;/h4,6-7,9H,8H2,1-3H3;1H;/q-1;;+2/p-1. The Balaban J connectivity index is 0.000000791. The minimum absolute atomic E-state index is 0.574. The van der Waals surface area contributed by atoms with E-state index in [9.17, 15) is 0 Å². The fourth-order valence-corrected chi connectivity index (χ4v) is 0.905. The SMILES string of the molecule is Cc1cc[c-]cc1OCC(C)C.[Zn+][Br]. The van der Waals surface area contributed by atoms with E-state index in [0.29, 0.717) is 5.92 Å². The topological polar surface area (TPSA) is 9.23 Å². The van der Waals surface area contributed by atoms with Crippen LogP contribution in [0.25, 0.3) is 0 Å². The van der Waals surface area contributed by atoms with Gasteiger partial charge in [0.1, 0.15) is 0 Å². The van der Waals surface area contributed by atoms with Crippen molar-refractivity contribution in [2.45, 2.75) is 20.8 Å². The molecule has 14 heavy (non-hydrogen) atoms. The van der Waals surface area contributed by atoms with Gasteiger partial charge in [-0.05, 0) is 5.92 Å². The van der Waals surface area contributed by atoms with Crippen molar-refractivity contribution in [2.24, 2.45) is 5.92 Å². The second kappa shape index (κ2) is 8.43. The first kappa shape index (κ1) is 14.1. The van der Waals surface area contributed by atoms with Gasteiger partial charge < -0.3 is 4.74 Å². The molecule has 1 aromatic rings. The van der Waals surface area contributed by atoms with Crippen molar-refractivity contribution in [3.63, 3.8) is 0 Å². The zero-order chi connectivity index (χ0) is 11.0. The Labute approximate surface area is 103 Å². The van der Waals surface area contributed by atoms with Crippen molar-refractivity contribution in [3.05, 3.63) is 29.8 Å². The first-order valence-electron chi connectivity index (χ1n) is 4.56. The predicted octanol–water partition coefficient (Wildman–Crippen LogP) is 3.67. The van der Waals surface area contributed by atoms with E-state index in [-0.39, 0.29) is 0 Å². The van der Waals surface area contributed by atoms with Crippen molar-refractivity contribution < 1.29 is 21.1 Å². The van der Waals surface area contributed by atoms with Gasteiger partial charge in [-0.3, -0.25) is 0 Å². The van der Waals surface area contributed by atoms with Crippen LogP contribution in [0.5, 0.6) is 5.75 Å². The predicted molar refractivity (Wildman–Crippen MR) is 59.3 cm³/mol. The molecule has 1 nitrogen and oxygen atoms in total. The summed E-state index contributed by atoms with van der Waals surface area (Å²) >= 11 is 4.25. The molecule has 0 spiro atoms. The summed E-state index contributed by atoms with van der Waals surface area (Å²) in [5.74, 6) is 1.52. The van der Waals surface area contributed by atoms with Gasteiger partial charge in [-0.15, -0.1) is 11.6 Å². The summed E-state index contributed by atoms with van der Waals surface area (Å²) in [5, 5.41) is 0. The third kappa shape index (κ3) is 5.77. The van der Waals surface area contributed by atoms with Gasteiger partial charge in [-0.25, -0.2) is 0 Å². The van der Waals surface area contributed by atoms with Gasteiger partial charge in [-0.2, -0.15) is 18.2 Å². The van der Waals surface area contributed by atoms with Gasteiger partial charge in [-0.1, -0.05) is 20.8 Å². The van der Waals surface area contributed by atoms with Gasteiger partial charge in [0.15, 0.2) is 0 Å². The van der Waals surface area contributed by atoms with Crippen LogP contribution in [0.4, 0.5) is 0 Å². The Morgan fingerprint density at radius 2 is 2.14 bits per heavy atom. The Kier molecular flexibility index (Phi) is 8.51. The average molecular weight is 309 g/mol. The quantitative estimate of drug-likeness (QED) is 0.611. The Morgan fingerprint density at radius 1 is 1.50 bits per heavy atom. The fourth-order valence-electron chi connectivity index (χ4n) is 0.905. The summed E-state index contributed by atoms with van der Waals surface area (Å²) in [6.45, 7) is 7.10. The van der Waals surface area contributed by atoms with Crippen LogP contribution in [0.3, 0.4) is 0 Å². The van der Waals surface area contributed by atoms with Crippen molar-refractivity contribution in [2.75, 3.05) is 6.61 Å². The van der Waals surface area contributed by atoms with Crippen molar-refractivity contribution in [1.29, 1.82) is 0 Å². The third-order valence-corrected chi connectivity index (χ3v) is 1.60. The summed E-state index contributed by atoms with van der Waals surface area (Å²) in [6.07, 6.45) is 0. The van der Waals surface area contributed by atoms with Gasteiger partial charge in [0.05, 0.1) is 6.61 Å². The van der Waals surface area contributed by atoms with Crippen molar-refractivity contribution in [3.8, 4) is 5.75 Å². The monoisotopic (exact) mass is 306 g/mol. The van der Waals surface area contributed by atoms with E-state index in [4.69, 9.17) is 4.74 Å². The van der Waals surface area contributed by atoms with Crippen LogP contribution < -0.4 is 4.74 Å². The van der Waals surface area contributed by atoms with E-state index in [1.807, 2.05) is 25.1 Å². The molecule has 0 aliphatic rings. The van der Waals surface area contributed by atoms with Crippen LogP contribution in [0.15, 0.2) is 18.2 Å². The van der Waals surface area contributed by atoms with Crippen LogP contribution in [0, 0.1) is 18.9 Å². The van der Waals surface area contributed by atoms with Gasteiger partial charge in [0, 0.05) is 5.75 Å². The van der Waals surface area contributed by atoms with E-state index in [1.54, 1.807) is 0 Å². The zero-order valence-corrected chi connectivity index (χ0v) is 13.6. The summed E-state index contributed by atoms with van der Waals surface area (Å²) in [5.41, 5.74) is 1.18. The Morgan fingerprint density at radius 3 is 2.64 bits per heavy atom. The second-order valence-corrected chi connectivity index (χ2v) is 3.40. The van der Waals surface area contributed by atoms with Gasteiger partial charge in [0.25, 0.3) is 0 Å². The van der Waals surface area contributed by atoms with E-state index in [0.717, 1.165) is 12.4 Å². The molecule has 0 aromatic heterocycles. The summed E-state index contributed by atoms with van der Waals surface area (Å²) in [6, 6.07) is 8.80. The molecular formula is C11H15BrOZn. The zero-order valence-electron chi connectivity index (χ0n) is 9.01. The molecule has 0 aliphatic heterocycles. The first-order chi connectivity index (χ1) is 6.70. The molecule has 0 N–H and O–H groups in total. The molecule has 0 saturated carbocycles. The van der Waals surface area contributed by atoms with Gasteiger partial charge in [0.2, 0.25) is 0 Å². The Hall–Kier alpha value is 0.123. The van der Waals surface area contributed by atoms with E-state index < -0.39 is 0 Å². The molecule has 0 unspecified atom stereocenters. The van der Waals surface area contributed by atoms with Crippen LogP contribution in [0.1, 0.15) is 19.4 Å². The van der Waals surface area contributed by atoms with Gasteiger partial charge >= 0.3 is 30.0 Å². The van der Waals surface area contributed by atoms with Crippen LogP contribution in [-0.2, 0) is 16.3 Å². The number of halogens is 1. The molecule has 1 aromatic carbocycles. The number of benzene rings is 1. The Bertz CT molecular complexity index is 251. The third-order valence-electron chi connectivity index (χ3n) is 1.60. The van der Waals surface area contributed by atoms with Crippen LogP contribution in [-0.4, -0.2) is 6.61 Å². The van der Waals surface area contributed by atoms with Crippen molar-refractivity contribution >= 4 is 13.6 Å². The molecule has 74 valence electrons. The summed E-state index contributed by atoms with van der Waals surface area (Å²) in [4.78, 5) is 0. The van der Waals surface area contributed by atoms with E-state index in [1.165, 1.54) is 21.9 Å². The normalized spacial score (nSPS) is 9.36. The molecule has 0 bridgehead atoms. The number of rotatable bonds is 3. The van der Waals surface area contributed by atoms with Crippen molar-refractivity contribution in [1.82, 2.24) is 0 Å². The fraction of sp³-hybridized carbons (Fsp3) is 0.455. The van der Waals surface area contributed by atoms with Crippen LogP contribution in [0.2, 0.25) is 0 Å². The maximum atomic E-state index is 5.57. The van der Waals surface area contributed by atoms with E-state index >= 15 is 0 Å². The molecule has 0 atom stereocenters. The molecule has 3 heteroatoms. The molecule has 0 aliphatic carbocycles. The second-order valence-electron chi connectivity index (χ2n) is 3.40. The summed E-state index contributed by atoms with van der Waals surface area (Å²) in [7, 11) is 0. The van der Waals surface area contributed by atoms with Crippen LogP contribution >= 0.6 is 13.6 Å². The average Bonchev–Trinajstić information content (AvgIpc) is 2.19. The number of hydrogen-bond acceptors (Lipinski definition) is 1. The number of ether oxygens (including phenoxy) is 1. The van der Waals surface area contributed by atoms with E-state index in [2.05, 4.69) is 33.5 Å². The molecule has 0 amide bonds. The maximum absolute atomic E-state index is 5.57. The molecule has 0 radical (unpaired) electrons. The first-order valence-corrected chi connectivity index (χ1v) is 11.5. The number of aryl methyl sites for hydroxylation is 1. The molecule has 0 fully saturated rings. The molecular weight excluding hydrogens is 293 g/mol. The number of hydrogen-bond donors (Lipinski definition) is 0. The molecule has 0 heterocycles. The minimum atomic E-state index is 0.574. The molecule has 0 saturated heterocycles. The molecule has 1 rings (SSSR count). The summed E-state index contributed by atoms with van der Waals surface area (Å²) < 4.78 is 5.57.